The first-order valence-corrected chi connectivity index (χ1v) is 16.5. The molecule has 0 unspecified atom stereocenters. The van der Waals surface area contributed by atoms with Crippen molar-refractivity contribution in [1.29, 1.82) is 0 Å². The van der Waals surface area contributed by atoms with Crippen LogP contribution in [0.25, 0.3) is 87.4 Å². The van der Waals surface area contributed by atoms with Gasteiger partial charge >= 0.3 is 0 Å². The van der Waals surface area contributed by atoms with Crippen LogP contribution in [0.2, 0.25) is 0 Å². The Morgan fingerprint density at radius 1 is 0.340 bits per heavy atom. The van der Waals surface area contributed by atoms with Crippen molar-refractivity contribution in [2.24, 2.45) is 0 Å². The van der Waals surface area contributed by atoms with Gasteiger partial charge in [-0.2, -0.15) is 0 Å². The van der Waals surface area contributed by atoms with Crippen molar-refractivity contribution in [1.82, 2.24) is 15.0 Å². The summed E-state index contributed by atoms with van der Waals surface area (Å²) in [7, 11) is 0. The average molecular weight is 618 g/mol. The highest BCUT2D eigenvalue weighted by Gasteiger charge is 2.17. The van der Waals surface area contributed by atoms with E-state index in [1.54, 1.807) is 11.3 Å². The zero-order chi connectivity index (χ0) is 31.2. The second-order valence-corrected chi connectivity index (χ2v) is 12.7. The van der Waals surface area contributed by atoms with E-state index in [0.717, 1.165) is 22.3 Å². The molecular weight excluding hydrogens is 591 g/mol. The number of thiophene rings is 1. The molecule has 7 aromatic carbocycles. The summed E-state index contributed by atoms with van der Waals surface area (Å²) in [5.74, 6) is 1.99. The number of fused-ring (bicyclic) bond motifs is 4. The van der Waals surface area contributed by atoms with E-state index in [9.17, 15) is 0 Å². The highest BCUT2D eigenvalue weighted by atomic mass is 32.1. The van der Waals surface area contributed by atoms with Gasteiger partial charge in [-0.25, -0.2) is 15.0 Å². The third kappa shape index (κ3) is 4.96. The van der Waals surface area contributed by atoms with Crippen LogP contribution in [0.1, 0.15) is 0 Å². The lowest BCUT2D eigenvalue weighted by Crippen LogP contribution is -2.00. The van der Waals surface area contributed by atoms with E-state index in [2.05, 4.69) is 146 Å². The molecule has 0 bridgehead atoms. The molecule has 0 amide bonds. The summed E-state index contributed by atoms with van der Waals surface area (Å²) in [5.41, 5.74) is 7.67. The van der Waals surface area contributed by atoms with Crippen LogP contribution in [0.4, 0.5) is 0 Å². The summed E-state index contributed by atoms with van der Waals surface area (Å²) in [6.07, 6.45) is 0. The first kappa shape index (κ1) is 27.3. The molecule has 0 aliphatic rings. The van der Waals surface area contributed by atoms with Crippen LogP contribution in [0, 0.1) is 0 Å². The lowest BCUT2D eigenvalue weighted by molar-refractivity contribution is 1.08. The predicted octanol–water partition coefficient (Wildman–Crippen LogP) is 11.7. The van der Waals surface area contributed by atoms with Crippen molar-refractivity contribution in [3.8, 4) is 56.4 Å². The normalized spacial score (nSPS) is 11.4. The van der Waals surface area contributed by atoms with Gasteiger partial charge in [-0.1, -0.05) is 140 Å². The zero-order valence-corrected chi connectivity index (χ0v) is 26.2. The Labute approximate surface area is 276 Å². The summed E-state index contributed by atoms with van der Waals surface area (Å²) >= 11 is 1.80. The van der Waals surface area contributed by atoms with Gasteiger partial charge in [0.25, 0.3) is 0 Å². The Kier molecular flexibility index (Phi) is 6.65. The number of nitrogens with zero attached hydrogens (tertiary/aromatic N) is 3. The first-order chi connectivity index (χ1) is 23.3. The lowest BCUT2D eigenvalue weighted by atomic mass is 9.92. The maximum Gasteiger partial charge on any atom is 0.164 e. The monoisotopic (exact) mass is 617 g/mol. The van der Waals surface area contributed by atoms with Crippen LogP contribution in [-0.2, 0) is 0 Å². The largest absolute Gasteiger partial charge is 0.208 e. The van der Waals surface area contributed by atoms with E-state index in [4.69, 9.17) is 15.0 Å². The van der Waals surface area contributed by atoms with Crippen molar-refractivity contribution < 1.29 is 0 Å². The number of hydrogen-bond acceptors (Lipinski definition) is 4. The number of hydrogen-bond donors (Lipinski definition) is 0. The molecule has 47 heavy (non-hydrogen) atoms. The number of rotatable bonds is 5. The standard InChI is InChI=1S/C43H27N3S/c1-3-12-28(13-4-1)33-26-32-16-7-8-17-34(32)37(27-33)29-22-24-31(25-23-29)42-44-41(30-14-5-2-6-15-30)45-43(46-42)36-19-11-21-39-40(36)35-18-9-10-20-38(35)47-39/h1-27H. The minimum absolute atomic E-state index is 0.653. The predicted molar refractivity (Wildman–Crippen MR) is 197 cm³/mol. The summed E-state index contributed by atoms with van der Waals surface area (Å²) < 4.78 is 2.48. The van der Waals surface area contributed by atoms with Crippen molar-refractivity contribution >= 4 is 42.3 Å². The SMILES string of the molecule is c1ccc(-c2cc(-c3ccc(-c4nc(-c5ccccc5)nc(-c5cccc6sc7ccccc7c56)n4)cc3)c3ccccc3c2)cc1. The molecule has 0 saturated carbocycles. The van der Waals surface area contributed by atoms with Gasteiger partial charge < -0.3 is 0 Å². The molecule has 0 saturated heterocycles. The first-order valence-electron chi connectivity index (χ1n) is 15.7. The Bertz CT molecular complexity index is 2550. The summed E-state index contributed by atoms with van der Waals surface area (Å²) in [5, 5.41) is 4.85. The Balaban J connectivity index is 1.19. The molecule has 2 aromatic heterocycles. The van der Waals surface area contributed by atoms with Crippen molar-refractivity contribution in [3.05, 3.63) is 164 Å². The number of aromatic nitrogens is 3. The van der Waals surface area contributed by atoms with Gasteiger partial charge in [-0.3, -0.25) is 0 Å². The maximum atomic E-state index is 5.12. The van der Waals surface area contributed by atoms with Crippen LogP contribution in [0.15, 0.2) is 164 Å². The molecule has 0 radical (unpaired) electrons. The van der Waals surface area contributed by atoms with Crippen molar-refractivity contribution in [2.75, 3.05) is 0 Å². The second-order valence-electron chi connectivity index (χ2n) is 11.6. The van der Waals surface area contributed by atoms with Gasteiger partial charge in [0.15, 0.2) is 17.5 Å². The Morgan fingerprint density at radius 3 is 1.68 bits per heavy atom. The van der Waals surface area contributed by atoms with Crippen molar-refractivity contribution in [3.63, 3.8) is 0 Å². The topological polar surface area (TPSA) is 38.7 Å². The molecule has 0 N–H and O–H groups in total. The molecule has 3 nitrogen and oxygen atoms in total. The maximum absolute atomic E-state index is 5.12. The Morgan fingerprint density at radius 2 is 0.915 bits per heavy atom. The lowest BCUT2D eigenvalue weighted by Gasteiger charge is -2.12. The molecule has 0 spiro atoms. The zero-order valence-electron chi connectivity index (χ0n) is 25.3. The molecule has 9 aromatic rings. The molecule has 0 atom stereocenters. The van der Waals surface area contributed by atoms with Crippen LogP contribution < -0.4 is 0 Å². The van der Waals surface area contributed by atoms with E-state index in [1.807, 2.05) is 18.2 Å². The van der Waals surface area contributed by atoms with Gasteiger partial charge in [0.05, 0.1) is 0 Å². The molecular formula is C43H27N3S. The molecule has 2 heterocycles. The quantitative estimate of drug-likeness (QED) is 0.193. The highest BCUT2D eigenvalue weighted by Crippen LogP contribution is 2.40. The second kappa shape index (κ2) is 11.4. The summed E-state index contributed by atoms with van der Waals surface area (Å²) in [4.78, 5) is 15.2. The molecule has 220 valence electrons. The van der Waals surface area contributed by atoms with Gasteiger partial charge in [0.1, 0.15) is 0 Å². The highest BCUT2D eigenvalue weighted by molar-refractivity contribution is 7.25. The van der Waals surface area contributed by atoms with E-state index in [0.29, 0.717) is 17.5 Å². The molecule has 9 rings (SSSR count). The Hall–Kier alpha value is -5.97. The molecule has 0 fully saturated rings. The molecule has 4 heteroatoms. The summed E-state index contributed by atoms with van der Waals surface area (Å²) in [6.45, 7) is 0. The fourth-order valence-corrected chi connectivity index (χ4v) is 7.58. The summed E-state index contributed by atoms with van der Waals surface area (Å²) in [6, 6.07) is 57.5. The van der Waals surface area contributed by atoms with E-state index in [1.165, 1.54) is 47.6 Å². The average Bonchev–Trinajstić information content (AvgIpc) is 3.54. The van der Waals surface area contributed by atoms with Crippen LogP contribution >= 0.6 is 11.3 Å². The smallest absolute Gasteiger partial charge is 0.164 e. The molecule has 0 aliphatic carbocycles. The van der Waals surface area contributed by atoms with Gasteiger partial charge in [0, 0.05) is 36.9 Å². The third-order valence-corrected chi connectivity index (χ3v) is 9.87. The van der Waals surface area contributed by atoms with Gasteiger partial charge in [0.2, 0.25) is 0 Å². The van der Waals surface area contributed by atoms with E-state index >= 15 is 0 Å². The van der Waals surface area contributed by atoms with Gasteiger partial charge in [-0.15, -0.1) is 11.3 Å². The third-order valence-electron chi connectivity index (χ3n) is 8.73. The van der Waals surface area contributed by atoms with Gasteiger partial charge in [-0.05, 0) is 57.3 Å². The van der Waals surface area contributed by atoms with Crippen molar-refractivity contribution in [2.45, 2.75) is 0 Å². The van der Waals surface area contributed by atoms with Crippen LogP contribution in [0.5, 0.6) is 0 Å². The fraction of sp³-hybridized carbons (Fsp3) is 0. The van der Waals surface area contributed by atoms with E-state index in [-0.39, 0.29) is 0 Å². The fourth-order valence-electron chi connectivity index (χ4n) is 6.45. The minimum Gasteiger partial charge on any atom is -0.208 e. The minimum atomic E-state index is 0.653. The van der Waals surface area contributed by atoms with Crippen LogP contribution in [-0.4, -0.2) is 15.0 Å². The van der Waals surface area contributed by atoms with Crippen LogP contribution in [0.3, 0.4) is 0 Å². The van der Waals surface area contributed by atoms with E-state index < -0.39 is 0 Å². The molecule has 0 aliphatic heterocycles. The number of benzene rings is 7.